The Hall–Kier alpha value is -0.370. The summed E-state index contributed by atoms with van der Waals surface area (Å²) in [6.45, 7) is -1.31. The maximum Gasteiger partial charge on any atom is 0.401 e. The molecule has 0 amide bonds. The Morgan fingerprint density at radius 3 is 2.62 bits per heavy atom. The lowest BCUT2D eigenvalue weighted by Crippen LogP contribution is -2.35. The second-order valence-corrected chi connectivity index (χ2v) is 4.83. The average Bonchev–Trinajstić information content (AvgIpc) is 2.48. The standard InChI is InChI=1S/C8H10ClF3N2OS/c9-7-13-3-6(16-7)4-14(1-2-15)5-8(10,11)12/h3,15H,1-2,4-5H2. The molecule has 3 nitrogen and oxygen atoms in total. The molecule has 0 atom stereocenters. The third-order valence-corrected chi connectivity index (χ3v) is 2.82. The molecule has 0 radical (unpaired) electrons. The SMILES string of the molecule is OCCN(Cc1cnc(Cl)s1)CC(F)(F)F. The second-order valence-electron chi connectivity index (χ2n) is 3.13. The van der Waals surface area contributed by atoms with Gasteiger partial charge >= 0.3 is 6.18 Å². The van der Waals surface area contributed by atoms with E-state index in [0.717, 1.165) is 16.2 Å². The minimum Gasteiger partial charge on any atom is -0.395 e. The molecule has 1 N–H and O–H groups in total. The molecular formula is C8H10ClF3N2OS. The smallest absolute Gasteiger partial charge is 0.395 e. The highest BCUT2D eigenvalue weighted by Gasteiger charge is 2.30. The fraction of sp³-hybridized carbons (Fsp3) is 0.625. The Labute approximate surface area is 99.5 Å². The number of aliphatic hydroxyl groups excluding tert-OH is 1. The van der Waals surface area contributed by atoms with Gasteiger partial charge in [0, 0.05) is 24.2 Å². The molecule has 0 spiro atoms. The van der Waals surface area contributed by atoms with Gasteiger partial charge in [-0.25, -0.2) is 4.98 Å². The molecule has 0 fully saturated rings. The van der Waals surface area contributed by atoms with E-state index in [9.17, 15) is 13.2 Å². The second kappa shape index (κ2) is 5.81. The van der Waals surface area contributed by atoms with E-state index in [-0.39, 0.29) is 19.7 Å². The van der Waals surface area contributed by atoms with Gasteiger partial charge in [-0.1, -0.05) is 11.6 Å². The van der Waals surface area contributed by atoms with Crippen LogP contribution in [0.2, 0.25) is 4.47 Å². The van der Waals surface area contributed by atoms with Crippen LogP contribution in [0.3, 0.4) is 0 Å². The van der Waals surface area contributed by atoms with E-state index in [2.05, 4.69) is 4.98 Å². The van der Waals surface area contributed by atoms with E-state index in [4.69, 9.17) is 16.7 Å². The number of rotatable bonds is 5. The fourth-order valence-corrected chi connectivity index (χ4v) is 2.21. The Bertz CT molecular complexity index is 331. The lowest BCUT2D eigenvalue weighted by atomic mass is 10.4. The Morgan fingerprint density at radius 2 is 2.19 bits per heavy atom. The molecule has 0 aliphatic carbocycles. The van der Waals surface area contributed by atoms with E-state index in [0.29, 0.717) is 9.34 Å². The first kappa shape index (κ1) is 13.7. The minimum absolute atomic E-state index is 0.0327. The van der Waals surface area contributed by atoms with Crippen molar-refractivity contribution in [3.05, 3.63) is 15.5 Å². The molecule has 0 aromatic carbocycles. The molecular weight excluding hydrogens is 265 g/mol. The predicted octanol–water partition coefficient (Wildman–Crippen LogP) is 2.15. The summed E-state index contributed by atoms with van der Waals surface area (Å²) in [5.41, 5.74) is 0. The van der Waals surface area contributed by atoms with Crippen LogP contribution in [0, 0.1) is 0 Å². The minimum atomic E-state index is -4.27. The zero-order chi connectivity index (χ0) is 12.2. The quantitative estimate of drug-likeness (QED) is 0.894. The Kier molecular flexibility index (Phi) is 4.97. The number of nitrogens with zero attached hydrogens (tertiary/aromatic N) is 2. The Balaban J connectivity index is 2.57. The summed E-state index contributed by atoms with van der Waals surface area (Å²) in [6, 6.07) is 0. The molecule has 0 unspecified atom stereocenters. The van der Waals surface area contributed by atoms with Crippen LogP contribution >= 0.6 is 22.9 Å². The van der Waals surface area contributed by atoms with Crippen molar-refractivity contribution < 1.29 is 18.3 Å². The van der Waals surface area contributed by atoms with Gasteiger partial charge in [-0.3, -0.25) is 4.90 Å². The van der Waals surface area contributed by atoms with Crippen molar-refractivity contribution in [1.29, 1.82) is 0 Å². The summed E-state index contributed by atoms with van der Waals surface area (Å²) in [4.78, 5) is 5.48. The van der Waals surface area contributed by atoms with Crippen molar-refractivity contribution >= 4 is 22.9 Å². The van der Waals surface area contributed by atoms with E-state index < -0.39 is 12.7 Å². The van der Waals surface area contributed by atoms with Crippen LogP contribution in [0.4, 0.5) is 13.2 Å². The summed E-state index contributed by atoms with van der Waals surface area (Å²) < 4.78 is 36.8. The average molecular weight is 275 g/mol. The molecule has 0 saturated carbocycles. The van der Waals surface area contributed by atoms with Crippen LogP contribution in [0.15, 0.2) is 6.20 Å². The summed E-state index contributed by atoms with van der Waals surface area (Å²) in [6.07, 6.45) is -2.84. The zero-order valence-corrected chi connectivity index (χ0v) is 9.74. The molecule has 1 heterocycles. The first-order valence-electron chi connectivity index (χ1n) is 4.41. The van der Waals surface area contributed by atoms with E-state index >= 15 is 0 Å². The predicted molar refractivity (Wildman–Crippen MR) is 55.5 cm³/mol. The number of aliphatic hydroxyl groups is 1. The van der Waals surface area contributed by atoms with Gasteiger partial charge < -0.3 is 5.11 Å². The van der Waals surface area contributed by atoms with Gasteiger partial charge in [-0.05, 0) is 0 Å². The van der Waals surface area contributed by atoms with Crippen molar-refractivity contribution in [3.8, 4) is 0 Å². The maximum atomic E-state index is 12.2. The van der Waals surface area contributed by atoms with Gasteiger partial charge in [-0.2, -0.15) is 13.2 Å². The fourth-order valence-electron chi connectivity index (χ4n) is 1.19. The largest absolute Gasteiger partial charge is 0.401 e. The van der Waals surface area contributed by atoms with Crippen molar-refractivity contribution in [1.82, 2.24) is 9.88 Å². The summed E-state index contributed by atoms with van der Waals surface area (Å²) in [7, 11) is 0. The maximum absolute atomic E-state index is 12.2. The molecule has 1 aromatic rings. The monoisotopic (exact) mass is 274 g/mol. The summed E-state index contributed by atoms with van der Waals surface area (Å²) in [5.74, 6) is 0. The van der Waals surface area contributed by atoms with Crippen LogP contribution in [0.25, 0.3) is 0 Å². The third-order valence-electron chi connectivity index (χ3n) is 1.72. The number of alkyl halides is 3. The molecule has 0 saturated heterocycles. The van der Waals surface area contributed by atoms with Crippen molar-refractivity contribution in [3.63, 3.8) is 0 Å². The van der Waals surface area contributed by atoms with Crippen LogP contribution in [-0.4, -0.2) is 40.9 Å². The number of hydrogen-bond acceptors (Lipinski definition) is 4. The van der Waals surface area contributed by atoms with Gasteiger partial charge in [0.05, 0.1) is 13.2 Å². The first-order chi connectivity index (χ1) is 7.40. The normalized spacial score (nSPS) is 12.4. The number of thiazole rings is 1. The van der Waals surface area contributed by atoms with Gasteiger partial charge in [0.25, 0.3) is 0 Å². The highest BCUT2D eigenvalue weighted by Crippen LogP contribution is 2.22. The molecule has 0 bridgehead atoms. The van der Waals surface area contributed by atoms with E-state index in [1.165, 1.54) is 6.20 Å². The Morgan fingerprint density at radius 1 is 1.50 bits per heavy atom. The van der Waals surface area contributed by atoms with Gasteiger partial charge in [0.15, 0.2) is 4.47 Å². The molecule has 1 aromatic heterocycles. The van der Waals surface area contributed by atoms with E-state index in [1.807, 2.05) is 0 Å². The van der Waals surface area contributed by atoms with Crippen LogP contribution in [-0.2, 0) is 6.54 Å². The molecule has 0 aliphatic heterocycles. The molecule has 0 aliphatic rings. The first-order valence-corrected chi connectivity index (χ1v) is 5.60. The summed E-state index contributed by atoms with van der Waals surface area (Å²) in [5, 5.41) is 8.67. The molecule has 16 heavy (non-hydrogen) atoms. The van der Waals surface area contributed by atoms with Gasteiger partial charge in [-0.15, -0.1) is 11.3 Å². The van der Waals surface area contributed by atoms with Crippen molar-refractivity contribution in [2.24, 2.45) is 0 Å². The lowest BCUT2D eigenvalue weighted by molar-refractivity contribution is -0.147. The molecule has 8 heteroatoms. The van der Waals surface area contributed by atoms with Gasteiger partial charge in [0.1, 0.15) is 0 Å². The van der Waals surface area contributed by atoms with Gasteiger partial charge in [0.2, 0.25) is 0 Å². The van der Waals surface area contributed by atoms with Crippen LogP contribution in [0.1, 0.15) is 4.88 Å². The highest BCUT2D eigenvalue weighted by atomic mass is 35.5. The van der Waals surface area contributed by atoms with Crippen LogP contribution in [0.5, 0.6) is 0 Å². The number of halogens is 4. The van der Waals surface area contributed by atoms with Crippen molar-refractivity contribution in [2.75, 3.05) is 19.7 Å². The number of hydrogen-bond donors (Lipinski definition) is 1. The lowest BCUT2D eigenvalue weighted by Gasteiger charge is -2.21. The highest BCUT2D eigenvalue weighted by molar-refractivity contribution is 7.15. The number of aromatic nitrogens is 1. The third kappa shape index (κ3) is 5.11. The summed E-state index contributed by atoms with van der Waals surface area (Å²) >= 11 is 6.70. The zero-order valence-electron chi connectivity index (χ0n) is 8.17. The molecule has 92 valence electrons. The van der Waals surface area contributed by atoms with Crippen molar-refractivity contribution in [2.45, 2.75) is 12.7 Å². The topological polar surface area (TPSA) is 36.4 Å². The van der Waals surface area contributed by atoms with Crippen LogP contribution < -0.4 is 0 Å². The van der Waals surface area contributed by atoms with E-state index in [1.54, 1.807) is 0 Å². The molecule has 1 rings (SSSR count).